The third kappa shape index (κ3) is 6.82. The van der Waals surface area contributed by atoms with Crippen LogP contribution in [0.1, 0.15) is 45.6 Å². The van der Waals surface area contributed by atoms with Crippen LogP contribution in [-0.2, 0) is 11.0 Å². The van der Waals surface area contributed by atoms with Gasteiger partial charge < -0.3 is 14.1 Å². The zero-order valence-electron chi connectivity index (χ0n) is 22.1. The summed E-state index contributed by atoms with van der Waals surface area (Å²) in [4.78, 5) is 11.3. The highest BCUT2D eigenvalue weighted by molar-refractivity contribution is 6.74. The van der Waals surface area contributed by atoms with E-state index in [1.165, 1.54) is 6.42 Å². The van der Waals surface area contributed by atoms with Crippen molar-refractivity contribution in [3.05, 3.63) is 64.0 Å². The third-order valence-electron chi connectivity index (χ3n) is 7.17. The van der Waals surface area contributed by atoms with Gasteiger partial charge in [-0.2, -0.15) is 0 Å². The minimum Gasteiger partial charge on any atom is -0.435 e. The fraction of sp³-hybridized carbons (Fsp3) is 0.429. The van der Waals surface area contributed by atoms with E-state index in [-0.39, 0.29) is 17.5 Å². The maximum absolute atomic E-state index is 15.7. The van der Waals surface area contributed by atoms with E-state index in [0.717, 1.165) is 31.7 Å². The van der Waals surface area contributed by atoms with Gasteiger partial charge in [-0.25, -0.2) is 14.4 Å². The molecule has 0 spiro atoms. The number of pyridine rings is 2. The molecular weight excluding hydrogens is 528 g/mol. The number of rotatable bonds is 7. The van der Waals surface area contributed by atoms with Crippen LogP contribution in [-0.4, -0.2) is 31.4 Å². The number of nitrogens with zero attached hydrogens (tertiary/aromatic N) is 3. The molecule has 0 N–H and O–H groups in total. The lowest BCUT2D eigenvalue weighted by molar-refractivity contribution is 0.269. The lowest BCUT2D eigenvalue weighted by Gasteiger charge is -2.36. The Morgan fingerprint density at radius 2 is 1.68 bits per heavy atom. The smallest absolute Gasteiger partial charge is 0.256 e. The molecular formula is C28H34Cl2FN3O2Si. The summed E-state index contributed by atoms with van der Waals surface area (Å²) in [6.07, 6.45) is 5.18. The quantitative estimate of drug-likeness (QED) is 0.269. The van der Waals surface area contributed by atoms with Crippen LogP contribution in [0.15, 0.2) is 42.6 Å². The monoisotopic (exact) mass is 561 g/mol. The molecule has 0 saturated carbocycles. The molecule has 3 aromatic rings. The molecule has 1 aliphatic heterocycles. The second-order valence-corrected chi connectivity index (χ2v) is 16.7. The molecule has 0 amide bonds. The van der Waals surface area contributed by atoms with E-state index >= 15 is 4.39 Å². The minimum atomic E-state index is -2.12. The molecule has 2 aromatic heterocycles. The molecule has 198 valence electrons. The van der Waals surface area contributed by atoms with Gasteiger partial charge in [-0.05, 0) is 73.8 Å². The number of benzene rings is 1. The topological polar surface area (TPSA) is 47.5 Å². The zero-order valence-corrected chi connectivity index (χ0v) is 24.6. The SMILES string of the molecule is CC(C)(C)[Si](C)(C)OCc1cc(-c2cc(Cl)cc(Cl)c2)nc(Oc2ccc(N3CCCCC3)nc2)c1F. The van der Waals surface area contributed by atoms with Gasteiger partial charge in [0.15, 0.2) is 14.1 Å². The molecule has 0 aliphatic carbocycles. The molecule has 1 fully saturated rings. The van der Waals surface area contributed by atoms with Crippen LogP contribution in [0.25, 0.3) is 11.3 Å². The number of piperidine rings is 1. The van der Waals surface area contributed by atoms with Gasteiger partial charge in [0, 0.05) is 34.3 Å². The zero-order chi connectivity index (χ0) is 26.8. The predicted molar refractivity (Wildman–Crippen MR) is 152 cm³/mol. The van der Waals surface area contributed by atoms with Gasteiger partial charge in [-0.15, -0.1) is 0 Å². The highest BCUT2D eigenvalue weighted by Crippen LogP contribution is 2.38. The molecule has 5 nitrogen and oxygen atoms in total. The molecule has 1 saturated heterocycles. The van der Waals surface area contributed by atoms with E-state index in [1.807, 2.05) is 6.07 Å². The van der Waals surface area contributed by atoms with Crippen LogP contribution in [0.5, 0.6) is 11.6 Å². The molecule has 3 heterocycles. The second-order valence-electron chi connectivity index (χ2n) is 11.0. The molecule has 9 heteroatoms. The van der Waals surface area contributed by atoms with Crippen molar-refractivity contribution in [2.24, 2.45) is 0 Å². The van der Waals surface area contributed by atoms with Gasteiger partial charge in [-0.1, -0.05) is 44.0 Å². The van der Waals surface area contributed by atoms with Crippen LogP contribution in [0.2, 0.25) is 28.2 Å². The van der Waals surface area contributed by atoms with E-state index in [1.54, 1.807) is 36.5 Å². The Hall–Kier alpha value is -2.19. The van der Waals surface area contributed by atoms with Crippen molar-refractivity contribution < 1.29 is 13.6 Å². The summed E-state index contributed by atoms with van der Waals surface area (Å²) in [5.41, 5.74) is 1.51. The van der Waals surface area contributed by atoms with E-state index in [4.69, 9.17) is 32.4 Å². The Balaban J connectivity index is 1.66. The molecule has 1 aromatic carbocycles. The number of aromatic nitrogens is 2. The summed E-state index contributed by atoms with van der Waals surface area (Å²) in [6.45, 7) is 12.8. The van der Waals surface area contributed by atoms with Crippen molar-refractivity contribution in [3.8, 4) is 22.9 Å². The number of halogens is 3. The summed E-state index contributed by atoms with van der Waals surface area (Å²) < 4.78 is 28.0. The first-order valence-corrected chi connectivity index (χ1v) is 16.3. The lowest BCUT2D eigenvalue weighted by Crippen LogP contribution is -2.40. The van der Waals surface area contributed by atoms with E-state index in [2.05, 4.69) is 48.7 Å². The largest absolute Gasteiger partial charge is 0.435 e. The average Bonchev–Trinajstić information content (AvgIpc) is 2.84. The molecule has 0 radical (unpaired) electrons. The summed E-state index contributed by atoms with van der Waals surface area (Å²) in [7, 11) is -2.12. The molecule has 0 unspecified atom stereocenters. The first-order chi connectivity index (χ1) is 17.4. The third-order valence-corrected chi connectivity index (χ3v) is 12.1. The highest BCUT2D eigenvalue weighted by atomic mass is 35.5. The van der Waals surface area contributed by atoms with Crippen LogP contribution < -0.4 is 9.64 Å². The molecule has 1 aliphatic rings. The number of hydrogen-bond donors (Lipinski definition) is 0. The van der Waals surface area contributed by atoms with Crippen molar-refractivity contribution in [3.63, 3.8) is 0 Å². The summed E-state index contributed by atoms with van der Waals surface area (Å²) >= 11 is 12.5. The minimum absolute atomic E-state index is 0.0130. The highest BCUT2D eigenvalue weighted by Gasteiger charge is 2.37. The predicted octanol–water partition coefficient (Wildman–Crippen LogP) is 8.89. The van der Waals surface area contributed by atoms with Crippen LogP contribution in [0, 0.1) is 5.82 Å². The molecule has 37 heavy (non-hydrogen) atoms. The van der Waals surface area contributed by atoms with Crippen LogP contribution in [0.4, 0.5) is 10.2 Å². The Morgan fingerprint density at radius 3 is 2.27 bits per heavy atom. The Morgan fingerprint density at radius 1 is 1.00 bits per heavy atom. The molecule has 0 bridgehead atoms. The average molecular weight is 563 g/mol. The first kappa shape index (κ1) is 27.8. The van der Waals surface area contributed by atoms with Crippen LogP contribution >= 0.6 is 23.2 Å². The first-order valence-electron chi connectivity index (χ1n) is 12.6. The van der Waals surface area contributed by atoms with Gasteiger partial charge in [0.1, 0.15) is 11.6 Å². The Bertz CT molecular complexity index is 1220. The van der Waals surface area contributed by atoms with Gasteiger partial charge in [0.25, 0.3) is 5.88 Å². The molecule has 0 atom stereocenters. The summed E-state index contributed by atoms with van der Waals surface area (Å²) in [5.74, 6) is 0.599. The van der Waals surface area contributed by atoms with Gasteiger partial charge >= 0.3 is 0 Å². The van der Waals surface area contributed by atoms with Crippen LogP contribution in [0.3, 0.4) is 0 Å². The fourth-order valence-corrected chi connectivity index (χ4v) is 5.38. The van der Waals surface area contributed by atoms with E-state index < -0.39 is 14.1 Å². The van der Waals surface area contributed by atoms with E-state index in [9.17, 15) is 0 Å². The van der Waals surface area contributed by atoms with E-state index in [0.29, 0.717) is 32.6 Å². The summed E-state index contributed by atoms with van der Waals surface area (Å²) in [5, 5.41) is 0.918. The fourth-order valence-electron chi connectivity index (χ4n) is 3.91. The van der Waals surface area contributed by atoms with Gasteiger partial charge in [-0.3, -0.25) is 0 Å². The maximum atomic E-state index is 15.7. The normalized spacial score (nSPS) is 14.6. The number of hydrogen-bond acceptors (Lipinski definition) is 5. The molecule has 4 rings (SSSR count). The van der Waals surface area contributed by atoms with Crippen molar-refractivity contribution in [2.75, 3.05) is 18.0 Å². The van der Waals surface area contributed by atoms with Gasteiger partial charge in [0.05, 0.1) is 18.5 Å². The second kappa shape index (κ2) is 11.3. The number of anilines is 1. The Labute approximate surface area is 230 Å². The van der Waals surface area contributed by atoms with Crippen molar-refractivity contribution in [1.29, 1.82) is 0 Å². The lowest BCUT2D eigenvalue weighted by atomic mass is 10.1. The standard InChI is InChI=1S/C28H34Cl2FN3O2Si/c1-28(2,3)37(4,5)35-18-20-15-24(19-13-21(29)16-22(30)14-19)33-27(26(20)31)36-23-9-10-25(32-17-23)34-11-7-6-8-12-34/h9-10,13-17H,6-8,11-12,18H2,1-5H3. The maximum Gasteiger partial charge on any atom is 0.256 e. The van der Waals surface area contributed by atoms with Gasteiger partial charge in [0.2, 0.25) is 0 Å². The summed E-state index contributed by atoms with van der Waals surface area (Å²) in [6, 6.07) is 10.5. The Kier molecular flexibility index (Phi) is 8.48. The van der Waals surface area contributed by atoms with Crippen molar-refractivity contribution in [1.82, 2.24) is 9.97 Å². The van der Waals surface area contributed by atoms with Crippen molar-refractivity contribution >= 4 is 37.3 Å². The van der Waals surface area contributed by atoms with Crippen molar-refractivity contribution in [2.45, 2.75) is 64.8 Å². The number of ether oxygens (including phenoxy) is 1.